The van der Waals surface area contributed by atoms with E-state index < -0.39 is 0 Å². The van der Waals surface area contributed by atoms with Gasteiger partial charge in [0.15, 0.2) is 5.16 Å². The van der Waals surface area contributed by atoms with Crippen LogP contribution in [0.2, 0.25) is 0 Å². The lowest BCUT2D eigenvalue weighted by Gasteiger charge is -2.08. The molecule has 0 unspecified atom stereocenters. The molecule has 4 heteroatoms. The molecule has 0 N–H and O–H groups in total. The molecule has 0 bridgehead atoms. The van der Waals surface area contributed by atoms with Crippen molar-refractivity contribution in [3.63, 3.8) is 0 Å². The van der Waals surface area contributed by atoms with E-state index in [9.17, 15) is 0 Å². The Labute approximate surface area is 207 Å². The molecule has 0 fully saturated rings. The molecule has 3 nitrogen and oxygen atoms in total. The Balaban J connectivity index is 1.59. The van der Waals surface area contributed by atoms with Gasteiger partial charge in [-0.1, -0.05) is 121 Å². The van der Waals surface area contributed by atoms with E-state index in [1.807, 2.05) is 12.4 Å². The number of ether oxygens (including phenoxy) is 1. The standard InChI is InChI=1S/C29H46N2OS/c1-3-5-7-9-11-12-14-16-22-32-28-20-18-26(19-21-28)27-24-30-29(31-25-27)33-23-17-15-13-10-8-6-4-2/h18-21,24-25H,3-17,22-23H2,1-2H3. The van der Waals surface area contributed by atoms with Gasteiger partial charge in [0, 0.05) is 23.7 Å². The van der Waals surface area contributed by atoms with Gasteiger partial charge in [0.05, 0.1) is 6.61 Å². The SMILES string of the molecule is CCCCCCCCCCOc1ccc(-c2cnc(SCCCCCCCCC)nc2)cc1. The minimum Gasteiger partial charge on any atom is -0.494 e. The van der Waals surface area contributed by atoms with Crippen molar-refractivity contribution >= 4 is 11.8 Å². The van der Waals surface area contributed by atoms with Gasteiger partial charge in [-0.05, 0) is 30.5 Å². The van der Waals surface area contributed by atoms with Gasteiger partial charge < -0.3 is 4.74 Å². The summed E-state index contributed by atoms with van der Waals surface area (Å²) in [7, 11) is 0. The number of benzene rings is 1. The number of rotatable bonds is 20. The van der Waals surface area contributed by atoms with Crippen molar-refractivity contribution in [1.29, 1.82) is 0 Å². The lowest BCUT2D eigenvalue weighted by molar-refractivity contribution is 0.304. The van der Waals surface area contributed by atoms with E-state index in [2.05, 4.69) is 48.1 Å². The predicted octanol–water partition coefficient (Wildman–Crippen LogP) is 9.51. The van der Waals surface area contributed by atoms with Crippen molar-refractivity contribution in [2.75, 3.05) is 12.4 Å². The van der Waals surface area contributed by atoms with Crippen LogP contribution >= 0.6 is 11.8 Å². The zero-order valence-corrected chi connectivity index (χ0v) is 22.0. The van der Waals surface area contributed by atoms with Gasteiger partial charge in [0.25, 0.3) is 0 Å². The fourth-order valence-corrected chi connectivity index (χ4v) is 4.72. The summed E-state index contributed by atoms with van der Waals surface area (Å²) in [5.74, 6) is 2.06. The molecule has 184 valence electrons. The normalized spacial score (nSPS) is 11.1. The maximum Gasteiger partial charge on any atom is 0.187 e. The molecule has 0 aliphatic heterocycles. The highest BCUT2D eigenvalue weighted by Crippen LogP contribution is 2.23. The second-order valence-electron chi connectivity index (χ2n) is 9.07. The predicted molar refractivity (Wildman–Crippen MR) is 144 cm³/mol. The summed E-state index contributed by atoms with van der Waals surface area (Å²) in [5.41, 5.74) is 2.20. The minimum absolute atomic E-state index is 0.808. The minimum atomic E-state index is 0.808. The summed E-state index contributed by atoms with van der Waals surface area (Å²) in [6.07, 6.45) is 23.9. The molecule has 2 rings (SSSR count). The third-order valence-electron chi connectivity index (χ3n) is 6.06. The molecule has 0 aliphatic carbocycles. The van der Waals surface area contributed by atoms with Crippen molar-refractivity contribution in [2.24, 2.45) is 0 Å². The third-order valence-corrected chi connectivity index (χ3v) is 7.02. The van der Waals surface area contributed by atoms with Crippen LogP contribution < -0.4 is 4.74 Å². The van der Waals surface area contributed by atoms with Crippen LogP contribution in [0.5, 0.6) is 5.75 Å². The van der Waals surface area contributed by atoms with Crippen molar-refractivity contribution < 1.29 is 4.74 Å². The summed E-state index contributed by atoms with van der Waals surface area (Å²) in [6.45, 7) is 5.35. The quantitative estimate of drug-likeness (QED) is 0.110. The first-order chi connectivity index (χ1) is 16.3. The highest BCUT2D eigenvalue weighted by molar-refractivity contribution is 7.99. The van der Waals surface area contributed by atoms with Crippen LogP contribution in [0.1, 0.15) is 110 Å². The van der Waals surface area contributed by atoms with Crippen molar-refractivity contribution in [3.8, 4) is 16.9 Å². The molecule has 1 aromatic carbocycles. The first-order valence-electron chi connectivity index (χ1n) is 13.5. The van der Waals surface area contributed by atoms with Crippen LogP contribution in [0, 0.1) is 0 Å². The van der Waals surface area contributed by atoms with Crippen LogP contribution in [0.3, 0.4) is 0 Å². The van der Waals surface area contributed by atoms with E-state index >= 15 is 0 Å². The van der Waals surface area contributed by atoms with Crippen LogP contribution in [0.25, 0.3) is 11.1 Å². The van der Waals surface area contributed by atoms with E-state index in [-0.39, 0.29) is 0 Å². The van der Waals surface area contributed by atoms with Crippen molar-refractivity contribution in [2.45, 2.75) is 115 Å². The maximum absolute atomic E-state index is 5.92. The average Bonchev–Trinajstić information content (AvgIpc) is 2.85. The number of nitrogens with zero attached hydrogens (tertiary/aromatic N) is 2. The van der Waals surface area contributed by atoms with Crippen LogP contribution in [0.4, 0.5) is 0 Å². The number of unbranched alkanes of at least 4 members (excludes halogenated alkanes) is 13. The molecule has 1 aromatic heterocycles. The topological polar surface area (TPSA) is 35.0 Å². The first-order valence-corrected chi connectivity index (χ1v) is 14.5. The molecule has 0 radical (unpaired) electrons. The molecule has 33 heavy (non-hydrogen) atoms. The maximum atomic E-state index is 5.92. The average molecular weight is 471 g/mol. The van der Waals surface area contributed by atoms with Crippen LogP contribution in [0.15, 0.2) is 41.8 Å². The second kappa shape index (κ2) is 18.8. The molecular formula is C29H46N2OS. The van der Waals surface area contributed by atoms with E-state index in [1.54, 1.807) is 11.8 Å². The van der Waals surface area contributed by atoms with Gasteiger partial charge in [-0.25, -0.2) is 9.97 Å². The lowest BCUT2D eigenvalue weighted by atomic mass is 10.1. The number of thioether (sulfide) groups is 1. The first kappa shape index (κ1) is 27.7. The Morgan fingerprint density at radius 1 is 0.606 bits per heavy atom. The largest absolute Gasteiger partial charge is 0.494 e. The van der Waals surface area contributed by atoms with Gasteiger partial charge in [0.2, 0.25) is 0 Å². The van der Waals surface area contributed by atoms with E-state index in [4.69, 9.17) is 4.74 Å². The van der Waals surface area contributed by atoms with Gasteiger partial charge in [-0.15, -0.1) is 0 Å². The van der Waals surface area contributed by atoms with Crippen molar-refractivity contribution in [1.82, 2.24) is 9.97 Å². The Bertz CT molecular complexity index is 703. The zero-order chi connectivity index (χ0) is 23.4. The Kier molecular flexibility index (Phi) is 15.8. The monoisotopic (exact) mass is 470 g/mol. The smallest absolute Gasteiger partial charge is 0.187 e. The summed E-state index contributed by atoms with van der Waals surface area (Å²) >= 11 is 1.77. The number of hydrogen-bond acceptors (Lipinski definition) is 4. The third kappa shape index (κ3) is 13.1. The molecule has 0 amide bonds. The Hall–Kier alpha value is -1.55. The fraction of sp³-hybridized carbons (Fsp3) is 0.655. The van der Waals surface area contributed by atoms with Crippen LogP contribution in [-0.4, -0.2) is 22.3 Å². The highest BCUT2D eigenvalue weighted by Gasteiger charge is 2.03. The van der Waals surface area contributed by atoms with E-state index in [0.29, 0.717) is 0 Å². The van der Waals surface area contributed by atoms with Crippen molar-refractivity contribution in [3.05, 3.63) is 36.7 Å². The summed E-state index contributed by atoms with van der Waals surface area (Å²) in [5, 5.41) is 0.884. The second-order valence-corrected chi connectivity index (χ2v) is 10.1. The molecule has 2 aromatic rings. The van der Waals surface area contributed by atoms with Gasteiger partial charge in [0.1, 0.15) is 5.75 Å². The molecular weight excluding hydrogens is 424 g/mol. The Morgan fingerprint density at radius 2 is 1.12 bits per heavy atom. The molecule has 0 saturated heterocycles. The summed E-state index contributed by atoms with van der Waals surface area (Å²) < 4.78 is 5.92. The molecule has 1 heterocycles. The van der Waals surface area contributed by atoms with Gasteiger partial charge >= 0.3 is 0 Å². The molecule has 0 atom stereocenters. The lowest BCUT2D eigenvalue weighted by Crippen LogP contribution is -1.97. The summed E-state index contributed by atoms with van der Waals surface area (Å²) in [6, 6.07) is 8.33. The zero-order valence-electron chi connectivity index (χ0n) is 21.2. The number of aromatic nitrogens is 2. The Morgan fingerprint density at radius 3 is 1.70 bits per heavy atom. The van der Waals surface area contributed by atoms with E-state index in [0.717, 1.165) is 40.8 Å². The molecule has 0 aliphatic rings. The molecule has 0 spiro atoms. The summed E-state index contributed by atoms with van der Waals surface area (Å²) in [4.78, 5) is 9.12. The van der Waals surface area contributed by atoms with Gasteiger partial charge in [-0.2, -0.15) is 0 Å². The van der Waals surface area contributed by atoms with Gasteiger partial charge in [-0.3, -0.25) is 0 Å². The van der Waals surface area contributed by atoms with Crippen LogP contribution in [-0.2, 0) is 0 Å². The fourth-order valence-electron chi connectivity index (χ4n) is 3.93. The number of hydrogen-bond donors (Lipinski definition) is 0. The molecule has 0 saturated carbocycles. The van der Waals surface area contributed by atoms with E-state index in [1.165, 1.54) is 89.9 Å². The highest BCUT2D eigenvalue weighted by atomic mass is 32.2.